The number of hydrogen-bond donors (Lipinski definition) is 2. The molecule has 0 radical (unpaired) electrons. The lowest BCUT2D eigenvalue weighted by atomic mass is 10.2. The summed E-state index contributed by atoms with van der Waals surface area (Å²) in [6, 6.07) is 8.27. The Kier molecular flexibility index (Phi) is 7.20. The van der Waals surface area contributed by atoms with Gasteiger partial charge in [0.1, 0.15) is 5.75 Å². The van der Waals surface area contributed by atoms with Gasteiger partial charge in [-0.3, -0.25) is 4.99 Å². The Morgan fingerprint density at radius 1 is 1.22 bits per heavy atom. The maximum Gasteiger partial charge on any atom is 0.191 e. The first-order chi connectivity index (χ1) is 11.2. The van der Waals surface area contributed by atoms with Crippen LogP contribution in [0.1, 0.15) is 24.8 Å². The van der Waals surface area contributed by atoms with Crippen LogP contribution in [0.3, 0.4) is 0 Å². The van der Waals surface area contributed by atoms with Crippen molar-refractivity contribution >= 4 is 5.96 Å². The van der Waals surface area contributed by atoms with Crippen LogP contribution in [-0.4, -0.2) is 51.7 Å². The van der Waals surface area contributed by atoms with Crippen molar-refractivity contribution < 1.29 is 4.74 Å². The minimum atomic E-state index is 0.757. The summed E-state index contributed by atoms with van der Waals surface area (Å²) in [6.45, 7) is 3.60. The number of aliphatic imine (C=N–C) groups is 1. The highest BCUT2D eigenvalue weighted by molar-refractivity contribution is 5.79. The van der Waals surface area contributed by atoms with E-state index in [9.17, 15) is 0 Å². The van der Waals surface area contributed by atoms with E-state index in [-0.39, 0.29) is 0 Å². The van der Waals surface area contributed by atoms with Crippen LogP contribution in [0.25, 0.3) is 0 Å². The van der Waals surface area contributed by atoms with Gasteiger partial charge in [0.2, 0.25) is 0 Å². The second-order valence-electron chi connectivity index (χ2n) is 6.40. The monoisotopic (exact) mass is 318 g/mol. The van der Waals surface area contributed by atoms with Crippen LogP contribution >= 0.6 is 0 Å². The van der Waals surface area contributed by atoms with Crippen molar-refractivity contribution in [3.8, 4) is 5.75 Å². The zero-order valence-corrected chi connectivity index (χ0v) is 14.6. The molecule has 1 saturated carbocycles. The molecule has 0 bridgehead atoms. The van der Waals surface area contributed by atoms with Crippen molar-refractivity contribution in [2.24, 2.45) is 10.9 Å². The average molecular weight is 318 g/mol. The normalized spacial score (nSPS) is 14.9. The van der Waals surface area contributed by atoms with E-state index in [1.165, 1.54) is 18.4 Å². The lowest BCUT2D eigenvalue weighted by Gasteiger charge is -2.12. The summed E-state index contributed by atoms with van der Waals surface area (Å²) in [7, 11) is 5.97. The van der Waals surface area contributed by atoms with E-state index in [0.29, 0.717) is 0 Å². The molecule has 0 aliphatic heterocycles. The van der Waals surface area contributed by atoms with Gasteiger partial charge in [0.25, 0.3) is 0 Å². The Hall–Kier alpha value is -1.75. The Labute approximate surface area is 140 Å². The zero-order valence-electron chi connectivity index (χ0n) is 14.6. The Morgan fingerprint density at radius 2 is 1.96 bits per heavy atom. The van der Waals surface area contributed by atoms with Crippen molar-refractivity contribution in [3.63, 3.8) is 0 Å². The van der Waals surface area contributed by atoms with E-state index < -0.39 is 0 Å². The second kappa shape index (κ2) is 9.40. The van der Waals surface area contributed by atoms with Gasteiger partial charge in [-0.2, -0.15) is 0 Å². The number of rotatable bonds is 9. The van der Waals surface area contributed by atoms with Gasteiger partial charge >= 0.3 is 0 Å². The fourth-order valence-corrected chi connectivity index (χ4v) is 2.24. The molecule has 23 heavy (non-hydrogen) atoms. The molecule has 0 heterocycles. The maximum absolute atomic E-state index is 5.75. The van der Waals surface area contributed by atoms with Crippen molar-refractivity contribution in [1.82, 2.24) is 15.5 Å². The zero-order chi connectivity index (χ0) is 16.5. The molecular formula is C18H30N4O. The predicted octanol–water partition coefficient (Wildman–Crippen LogP) is 2.09. The largest absolute Gasteiger partial charge is 0.494 e. The third kappa shape index (κ3) is 7.37. The Balaban J connectivity index is 1.67. The maximum atomic E-state index is 5.75. The molecule has 128 valence electrons. The van der Waals surface area contributed by atoms with E-state index >= 15 is 0 Å². The summed E-state index contributed by atoms with van der Waals surface area (Å²) < 4.78 is 5.75. The fourth-order valence-electron chi connectivity index (χ4n) is 2.24. The molecule has 5 heteroatoms. The number of ether oxygens (including phenoxy) is 1. The van der Waals surface area contributed by atoms with Crippen LogP contribution < -0.4 is 15.4 Å². The molecule has 1 aromatic carbocycles. The molecule has 0 amide bonds. The average Bonchev–Trinajstić information content (AvgIpc) is 3.37. The molecule has 0 atom stereocenters. The van der Waals surface area contributed by atoms with Gasteiger partial charge in [0.05, 0.1) is 6.61 Å². The van der Waals surface area contributed by atoms with Crippen LogP contribution in [0.15, 0.2) is 29.3 Å². The minimum Gasteiger partial charge on any atom is -0.494 e. The minimum absolute atomic E-state index is 0.757. The van der Waals surface area contributed by atoms with Crippen molar-refractivity contribution in [2.75, 3.05) is 40.8 Å². The van der Waals surface area contributed by atoms with Crippen molar-refractivity contribution in [2.45, 2.75) is 25.8 Å². The molecule has 1 aliphatic rings. The van der Waals surface area contributed by atoms with E-state index in [4.69, 9.17) is 4.74 Å². The molecule has 0 saturated heterocycles. The Morgan fingerprint density at radius 3 is 2.57 bits per heavy atom. The van der Waals surface area contributed by atoms with Gasteiger partial charge in [-0.1, -0.05) is 12.1 Å². The van der Waals surface area contributed by atoms with E-state index in [0.717, 1.165) is 50.3 Å². The summed E-state index contributed by atoms with van der Waals surface area (Å²) >= 11 is 0. The molecule has 1 aliphatic carbocycles. The fraction of sp³-hybridized carbons (Fsp3) is 0.611. The standard InChI is InChI=1S/C18H30N4O/c1-19-18(20-13-15-5-6-15)21-14-16-7-9-17(10-8-16)23-12-4-11-22(2)3/h7-10,15H,4-6,11-14H2,1-3H3,(H2,19,20,21). The number of nitrogens with one attached hydrogen (secondary N) is 2. The predicted molar refractivity (Wildman–Crippen MR) is 96.0 cm³/mol. The summed E-state index contributed by atoms with van der Waals surface area (Å²) in [5, 5.41) is 6.71. The SMILES string of the molecule is CN=C(NCc1ccc(OCCCN(C)C)cc1)NCC1CC1. The van der Waals surface area contributed by atoms with Crippen LogP contribution in [-0.2, 0) is 6.54 Å². The first-order valence-electron chi connectivity index (χ1n) is 8.48. The first kappa shape index (κ1) is 17.6. The highest BCUT2D eigenvalue weighted by Crippen LogP contribution is 2.27. The molecule has 1 aromatic rings. The number of nitrogens with zero attached hydrogens (tertiary/aromatic N) is 2. The highest BCUT2D eigenvalue weighted by atomic mass is 16.5. The molecule has 0 aromatic heterocycles. The first-order valence-corrected chi connectivity index (χ1v) is 8.48. The van der Waals surface area contributed by atoms with Gasteiger partial charge in [-0.05, 0) is 57.0 Å². The lowest BCUT2D eigenvalue weighted by Crippen LogP contribution is -2.37. The van der Waals surface area contributed by atoms with Crippen LogP contribution in [0.5, 0.6) is 5.75 Å². The molecule has 0 spiro atoms. The molecule has 2 N–H and O–H groups in total. The van der Waals surface area contributed by atoms with Crippen LogP contribution in [0.2, 0.25) is 0 Å². The second-order valence-corrected chi connectivity index (χ2v) is 6.40. The van der Waals surface area contributed by atoms with E-state index in [2.05, 4.69) is 46.8 Å². The van der Waals surface area contributed by atoms with Crippen LogP contribution in [0, 0.1) is 5.92 Å². The van der Waals surface area contributed by atoms with Gasteiger partial charge in [-0.15, -0.1) is 0 Å². The summed E-state index contributed by atoms with van der Waals surface area (Å²) in [6.07, 6.45) is 3.74. The van der Waals surface area contributed by atoms with Gasteiger partial charge in [-0.25, -0.2) is 0 Å². The third-order valence-corrected chi connectivity index (χ3v) is 3.88. The molecular weight excluding hydrogens is 288 g/mol. The third-order valence-electron chi connectivity index (χ3n) is 3.88. The van der Waals surface area contributed by atoms with E-state index in [1.807, 2.05) is 19.2 Å². The summed E-state index contributed by atoms with van der Waals surface area (Å²) in [5.41, 5.74) is 1.22. The van der Waals surface area contributed by atoms with Crippen molar-refractivity contribution in [1.29, 1.82) is 0 Å². The molecule has 0 unspecified atom stereocenters. The van der Waals surface area contributed by atoms with Gasteiger partial charge in [0.15, 0.2) is 5.96 Å². The topological polar surface area (TPSA) is 48.9 Å². The lowest BCUT2D eigenvalue weighted by molar-refractivity contribution is 0.281. The van der Waals surface area contributed by atoms with Gasteiger partial charge in [0, 0.05) is 26.7 Å². The quantitative estimate of drug-likeness (QED) is 0.416. The van der Waals surface area contributed by atoms with Gasteiger partial charge < -0.3 is 20.3 Å². The Bertz CT molecular complexity index is 480. The number of hydrogen-bond acceptors (Lipinski definition) is 3. The van der Waals surface area contributed by atoms with Crippen LogP contribution in [0.4, 0.5) is 0 Å². The highest BCUT2D eigenvalue weighted by Gasteiger charge is 2.20. The smallest absolute Gasteiger partial charge is 0.191 e. The molecule has 5 nitrogen and oxygen atoms in total. The molecule has 1 fully saturated rings. The molecule has 2 rings (SSSR count). The summed E-state index contributed by atoms with van der Waals surface area (Å²) in [5.74, 6) is 2.65. The summed E-state index contributed by atoms with van der Waals surface area (Å²) in [4.78, 5) is 6.42. The number of guanidine groups is 1. The van der Waals surface area contributed by atoms with E-state index in [1.54, 1.807) is 0 Å². The number of benzene rings is 1. The van der Waals surface area contributed by atoms with Crippen molar-refractivity contribution in [3.05, 3.63) is 29.8 Å².